The van der Waals surface area contributed by atoms with Crippen molar-refractivity contribution in [3.05, 3.63) is 0 Å². The zero-order valence-electron chi connectivity index (χ0n) is 6.75. The van der Waals surface area contributed by atoms with Crippen molar-refractivity contribution < 1.29 is 13.1 Å². The van der Waals surface area contributed by atoms with E-state index < -0.39 is 11.1 Å². The van der Waals surface area contributed by atoms with E-state index in [9.17, 15) is 4.21 Å². The van der Waals surface area contributed by atoms with E-state index in [1.165, 1.54) is 6.26 Å². The van der Waals surface area contributed by atoms with Crippen molar-refractivity contribution in [2.45, 2.75) is 5.54 Å². The molecule has 0 aromatic carbocycles. The summed E-state index contributed by atoms with van der Waals surface area (Å²) in [5.41, 5.74) is -0.0916. The fraction of sp³-hybridized carbons (Fsp3) is 1.00. The number of nitrogens with one attached hydrogen (secondary N) is 1. The molecule has 1 unspecified atom stereocenters. The Hall–Kier alpha value is 0.0300. The van der Waals surface area contributed by atoms with E-state index in [2.05, 4.69) is 5.32 Å². The predicted octanol–water partition coefficient (Wildman–Crippen LogP) is -0.715. The predicted molar refractivity (Wildman–Crippen MR) is 42.6 cm³/mol. The third-order valence-corrected chi connectivity index (χ3v) is 2.24. The molecule has 1 fully saturated rings. The zero-order valence-corrected chi connectivity index (χ0v) is 7.57. The van der Waals surface area contributed by atoms with Crippen LogP contribution in [0.15, 0.2) is 0 Å². The first-order chi connectivity index (χ1) is 5.18. The topological polar surface area (TPSA) is 47.6 Å². The highest BCUT2D eigenvalue weighted by molar-refractivity contribution is 7.79. The molecule has 0 bridgehead atoms. The monoisotopic (exact) mass is 179 g/mol. The van der Waals surface area contributed by atoms with Gasteiger partial charge in [-0.15, -0.1) is 0 Å². The van der Waals surface area contributed by atoms with Gasteiger partial charge in [-0.05, 0) is 7.05 Å². The first-order valence-corrected chi connectivity index (χ1v) is 4.90. The summed E-state index contributed by atoms with van der Waals surface area (Å²) in [7, 11) is 1.85. The van der Waals surface area contributed by atoms with Crippen molar-refractivity contribution >= 4 is 11.1 Å². The maximum Gasteiger partial charge on any atom is 0.152 e. The van der Waals surface area contributed by atoms with Crippen molar-refractivity contribution in [3.63, 3.8) is 0 Å². The second-order valence-corrected chi connectivity index (χ2v) is 3.73. The van der Waals surface area contributed by atoms with Crippen LogP contribution in [0.25, 0.3) is 0 Å². The van der Waals surface area contributed by atoms with Gasteiger partial charge >= 0.3 is 0 Å². The summed E-state index contributed by atoms with van der Waals surface area (Å²) in [6.45, 7) is 1.73. The second-order valence-electron chi connectivity index (χ2n) is 2.69. The molecule has 0 amide bonds. The van der Waals surface area contributed by atoms with Crippen LogP contribution < -0.4 is 5.32 Å². The van der Waals surface area contributed by atoms with E-state index in [-0.39, 0.29) is 5.54 Å². The molecule has 0 saturated carbocycles. The van der Waals surface area contributed by atoms with E-state index in [1.54, 1.807) is 0 Å². The van der Waals surface area contributed by atoms with Gasteiger partial charge in [-0.1, -0.05) is 0 Å². The van der Waals surface area contributed by atoms with Crippen molar-refractivity contribution in [1.29, 1.82) is 0 Å². The number of hydrogen-bond acceptors (Lipinski definition) is 4. The minimum Gasteiger partial charge on any atom is -0.377 e. The van der Waals surface area contributed by atoms with Crippen molar-refractivity contribution in [2.24, 2.45) is 0 Å². The molecule has 1 rings (SSSR count). The quantitative estimate of drug-likeness (QED) is 0.619. The lowest BCUT2D eigenvalue weighted by Gasteiger charge is -2.40. The molecule has 1 atom stereocenters. The van der Waals surface area contributed by atoms with Crippen LogP contribution in [0.1, 0.15) is 0 Å². The number of ether oxygens (including phenoxy) is 1. The number of likely N-dealkylation sites (N-methyl/N-ethyl adjacent to an activating group) is 1. The van der Waals surface area contributed by atoms with Gasteiger partial charge in [-0.25, -0.2) is 4.21 Å². The van der Waals surface area contributed by atoms with Gasteiger partial charge < -0.3 is 10.1 Å². The van der Waals surface area contributed by atoms with Crippen LogP contribution in [0.2, 0.25) is 0 Å². The van der Waals surface area contributed by atoms with E-state index in [1.807, 2.05) is 7.05 Å². The SMILES string of the molecule is CNC1(COS(C)=O)COC1. The van der Waals surface area contributed by atoms with Gasteiger partial charge in [0, 0.05) is 6.26 Å². The number of hydrogen-bond donors (Lipinski definition) is 1. The number of rotatable bonds is 4. The molecule has 0 aromatic rings. The molecule has 66 valence electrons. The summed E-state index contributed by atoms with van der Waals surface area (Å²) in [5, 5.41) is 3.09. The highest BCUT2D eigenvalue weighted by Crippen LogP contribution is 2.16. The normalized spacial score (nSPS) is 24.2. The molecule has 0 aromatic heterocycles. The van der Waals surface area contributed by atoms with Crippen LogP contribution in [-0.4, -0.2) is 42.9 Å². The van der Waals surface area contributed by atoms with Gasteiger partial charge in [0.25, 0.3) is 0 Å². The molecule has 4 nitrogen and oxygen atoms in total. The molecule has 0 spiro atoms. The van der Waals surface area contributed by atoms with Gasteiger partial charge in [0.1, 0.15) is 0 Å². The molecule has 1 heterocycles. The molecule has 11 heavy (non-hydrogen) atoms. The fourth-order valence-corrected chi connectivity index (χ4v) is 1.24. The first-order valence-electron chi connectivity index (χ1n) is 3.42. The Kier molecular flexibility index (Phi) is 3.00. The van der Waals surface area contributed by atoms with Gasteiger partial charge in [0.2, 0.25) is 0 Å². The highest BCUT2D eigenvalue weighted by Gasteiger charge is 2.37. The molecular weight excluding hydrogens is 166 g/mol. The third kappa shape index (κ3) is 2.23. The largest absolute Gasteiger partial charge is 0.377 e. The molecule has 1 aliphatic heterocycles. The summed E-state index contributed by atoms with van der Waals surface area (Å²) in [6, 6.07) is 0. The molecule has 1 saturated heterocycles. The lowest BCUT2D eigenvalue weighted by molar-refractivity contribution is -0.0874. The molecule has 0 radical (unpaired) electrons. The summed E-state index contributed by atoms with van der Waals surface area (Å²) in [6.07, 6.45) is 1.52. The second kappa shape index (κ2) is 3.62. The molecule has 1 aliphatic rings. The van der Waals surface area contributed by atoms with Crippen molar-refractivity contribution in [3.8, 4) is 0 Å². The van der Waals surface area contributed by atoms with Crippen LogP contribution in [0.5, 0.6) is 0 Å². The Bertz CT molecular complexity index is 152. The minimum absolute atomic E-state index is 0.0916. The molecule has 1 N–H and O–H groups in total. The Morgan fingerprint density at radius 2 is 2.36 bits per heavy atom. The summed E-state index contributed by atoms with van der Waals surface area (Å²) in [4.78, 5) is 0. The van der Waals surface area contributed by atoms with Gasteiger partial charge in [-0.2, -0.15) is 0 Å². The average molecular weight is 179 g/mol. The Labute approximate surface area is 68.9 Å². The van der Waals surface area contributed by atoms with E-state index in [0.29, 0.717) is 19.8 Å². The van der Waals surface area contributed by atoms with Gasteiger partial charge in [0.05, 0.1) is 25.4 Å². The maximum absolute atomic E-state index is 10.6. The Morgan fingerprint density at radius 3 is 2.64 bits per heavy atom. The standard InChI is InChI=1S/C6H13NO3S/c1-7-6(3-9-4-6)5-10-11(2)8/h7H,3-5H2,1-2H3. The smallest absolute Gasteiger partial charge is 0.152 e. The molecule has 0 aliphatic carbocycles. The van der Waals surface area contributed by atoms with E-state index in [0.717, 1.165) is 0 Å². The van der Waals surface area contributed by atoms with Crippen LogP contribution >= 0.6 is 0 Å². The third-order valence-electron chi connectivity index (χ3n) is 1.79. The lowest BCUT2D eigenvalue weighted by Crippen LogP contribution is -2.62. The van der Waals surface area contributed by atoms with Crippen molar-refractivity contribution in [1.82, 2.24) is 5.32 Å². The fourth-order valence-electron chi connectivity index (χ4n) is 0.844. The van der Waals surface area contributed by atoms with E-state index in [4.69, 9.17) is 8.92 Å². The molecule has 5 heteroatoms. The van der Waals surface area contributed by atoms with Crippen LogP contribution in [-0.2, 0) is 20.0 Å². The zero-order chi connectivity index (χ0) is 8.32. The van der Waals surface area contributed by atoms with Gasteiger partial charge in [-0.3, -0.25) is 4.18 Å². The summed E-state index contributed by atoms with van der Waals surface area (Å²) < 4.78 is 20.6. The first kappa shape index (κ1) is 9.12. The van der Waals surface area contributed by atoms with Crippen LogP contribution in [0.4, 0.5) is 0 Å². The average Bonchev–Trinajstić information content (AvgIpc) is 1.86. The minimum atomic E-state index is -1.18. The summed E-state index contributed by atoms with van der Waals surface area (Å²) in [5.74, 6) is 0. The van der Waals surface area contributed by atoms with Crippen LogP contribution in [0.3, 0.4) is 0 Å². The Balaban J connectivity index is 2.27. The van der Waals surface area contributed by atoms with Crippen molar-refractivity contribution in [2.75, 3.05) is 33.1 Å². The van der Waals surface area contributed by atoms with Gasteiger partial charge in [0.15, 0.2) is 11.1 Å². The lowest BCUT2D eigenvalue weighted by atomic mass is 10.00. The van der Waals surface area contributed by atoms with E-state index >= 15 is 0 Å². The van der Waals surface area contributed by atoms with Crippen LogP contribution in [0, 0.1) is 0 Å². The molecular formula is C6H13NO3S. The summed E-state index contributed by atoms with van der Waals surface area (Å²) >= 11 is -1.18. The highest BCUT2D eigenvalue weighted by atomic mass is 32.2. The Morgan fingerprint density at radius 1 is 1.73 bits per heavy atom. The maximum atomic E-state index is 10.6.